The van der Waals surface area contributed by atoms with Crippen LogP contribution in [0, 0.1) is 0 Å². The fourth-order valence-electron chi connectivity index (χ4n) is 2.05. The average molecular weight is 272 g/mol. The van der Waals surface area contributed by atoms with E-state index < -0.39 is 5.60 Å². The number of hydrogen-bond donors (Lipinski definition) is 1. The number of piperidine rings is 1. The normalized spacial score (nSPS) is 23.6. The summed E-state index contributed by atoms with van der Waals surface area (Å²) in [6, 6.07) is -0.367. The summed E-state index contributed by atoms with van der Waals surface area (Å²) < 4.78 is 10.0. The molecule has 1 amide bonds. The summed E-state index contributed by atoms with van der Waals surface area (Å²) in [4.78, 5) is 25.1. The van der Waals surface area contributed by atoms with E-state index in [2.05, 4.69) is 5.32 Å². The molecule has 0 aromatic heterocycles. The zero-order valence-electron chi connectivity index (χ0n) is 12.4. The first-order chi connectivity index (χ1) is 8.74. The summed E-state index contributed by atoms with van der Waals surface area (Å²) in [7, 11) is 3.07. The Morgan fingerprint density at radius 2 is 1.95 bits per heavy atom. The molecule has 19 heavy (non-hydrogen) atoms. The van der Waals surface area contributed by atoms with Crippen molar-refractivity contribution >= 4 is 12.1 Å². The average Bonchev–Trinajstić information content (AvgIpc) is 2.35. The minimum Gasteiger partial charge on any atom is -0.468 e. The van der Waals surface area contributed by atoms with Crippen molar-refractivity contribution in [3.8, 4) is 0 Å². The molecular weight excluding hydrogens is 248 g/mol. The van der Waals surface area contributed by atoms with Crippen molar-refractivity contribution in [1.29, 1.82) is 0 Å². The van der Waals surface area contributed by atoms with Gasteiger partial charge in [0.15, 0.2) is 0 Å². The van der Waals surface area contributed by atoms with Crippen molar-refractivity contribution in [2.45, 2.75) is 51.3 Å². The first-order valence-corrected chi connectivity index (χ1v) is 6.51. The van der Waals surface area contributed by atoms with Gasteiger partial charge in [0.25, 0.3) is 0 Å². The predicted octanol–water partition coefficient (Wildman–Crippen LogP) is 1.15. The molecule has 0 aromatic carbocycles. The first-order valence-electron chi connectivity index (χ1n) is 6.51. The van der Waals surface area contributed by atoms with Gasteiger partial charge >= 0.3 is 12.1 Å². The molecule has 1 saturated heterocycles. The van der Waals surface area contributed by atoms with E-state index in [0.29, 0.717) is 13.0 Å². The first kappa shape index (κ1) is 15.8. The van der Waals surface area contributed by atoms with Gasteiger partial charge in [-0.1, -0.05) is 0 Å². The van der Waals surface area contributed by atoms with Crippen molar-refractivity contribution in [3.05, 3.63) is 0 Å². The third-order valence-electron chi connectivity index (χ3n) is 3.09. The van der Waals surface area contributed by atoms with Crippen LogP contribution in [0.4, 0.5) is 4.79 Å². The van der Waals surface area contributed by atoms with Crippen LogP contribution in [0.3, 0.4) is 0 Å². The molecule has 1 aliphatic heterocycles. The zero-order chi connectivity index (χ0) is 14.6. The molecule has 2 atom stereocenters. The predicted molar refractivity (Wildman–Crippen MR) is 70.8 cm³/mol. The van der Waals surface area contributed by atoms with Crippen LogP contribution < -0.4 is 5.32 Å². The number of nitrogens with one attached hydrogen (secondary N) is 1. The molecule has 1 aliphatic rings. The van der Waals surface area contributed by atoms with Crippen molar-refractivity contribution in [3.63, 3.8) is 0 Å². The van der Waals surface area contributed by atoms with E-state index in [9.17, 15) is 9.59 Å². The number of methoxy groups -OCH3 is 1. The second-order valence-electron chi connectivity index (χ2n) is 5.80. The lowest BCUT2D eigenvalue weighted by molar-refractivity contribution is -0.144. The highest BCUT2D eigenvalue weighted by atomic mass is 16.6. The monoisotopic (exact) mass is 272 g/mol. The summed E-state index contributed by atoms with van der Waals surface area (Å²) in [5.41, 5.74) is -0.514. The van der Waals surface area contributed by atoms with Crippen LogP contribution in [0.25, 0.3) is 0 Å². The van der Waals surface area contributed by atoms with Crippen molar-refractivity contribution in [1.82, 2.24) is 10.2 Å². The van der Waals surface area contributed by atoms with Crippen LogP contribution in [0.15, 0.2) is 0 Å². The van der Waals surface area contributed by atoms with E-state index in [4.69, 9.17) is 9.47 Å². The fraction of sp³-hybridized carbons (Fsp3) is 0.846. The molecule has 0 radical (unpaired) electrons. The highest BCUT2D eigenvalue weighted by molar-refractivity contribution is 5.76. The summed E-state index contributed by atoms with van der Waals surface area (Å²) in [5.74, 6) is -0.290. The van der Waals surface area contributed by atoms with Crippen LogP contribution in [0.5, 0.6) is 0 Å². The largest absolute Gasteiger partial charge is 0.468 e. The quantitative estimate of drug-likeness (QED) is 0.764. The molecule has 6 heteroatoms. The maximum Gasteiger partial charge on any atom is 0.410 e. The van der Waals surface area contributed by atoms with Gasteiger partial charge in [0.2, 0.25) is 0 Å². The molecule has 6 nitrogen and oxygen atoms in total. The molecule has 0 bridgehead atoms. The number of ether oxygens (including phenoxy) is 2. The minimum atomic E-state index is -0.514. The number of hydrogen-bond acceptors (Lipinski definition) is 5. The number of esters is 1. The Morgan fingerprint density at radius 3 is 2.47 bits per heavy atom. The SMILES string of the molecule is COC(=O)[C@H]1C[C@H](N(C)C(=O)OC(C)(C)C)CCN1. The van der Waals surface area contributed by atoms with Gasteiger partial charge in [-0.2, -0.15) is 0 Å². The molecule has 0 unspecified atom stereocenters. The molecule has 1 N–H and O–H groups in total. The maximum atomic E-state index is 12.0. The summed E-state index contributed by atoms with van der Waals surface area (Å²) in [6.45, 7) is 6.17. The van der Waals surface area contributed by atoms with Gasteiger partial charge in [0.05, 0.1) is 7.11 Å². The maximum absolute atomic E-state index is 12.0. The van der Waals surface area contributed by atoms with E-state index in [0.717, 1.165) is 6.42 Å². The Balaban J connectivity index is 2.59. The Hall–Kier alpha value is -1.30. The zero-order valence-corrected chi connectivity index (χ0v) is 12.4. The Bertz CT molecular complexity index is 338. The van der Waals surface area contributed by atoms with Crippen LogP contribution in [0.1, 0.15) is 33.6 Å². The highest BCUT2D eigenvalue weighted by Gasteiger charge is 2.32. The van der Waals surface area contributed by atoms with Crippen molar-refractivity contribution in [2.24, 2.45) is 0 Å². The number of nitrogens with zero attached hydrogens (tertiary/aromatic N) is 1. The van der Waals surface area contributed by atoms with E-state index >= 15 is 0 Å². The highest BCUT2D eigenvalue weighted by Crippen LogP contribution is 2.18. The summed E-state index contributed by atoms with van der Waals surface area (Å²) in [6.07, 6.45) is 0.981. The van der Waals surface area contributed by atoms with Gasteiger partial charge in [0.1, 0.15) is 11.6 Å². The van der Waals surface area contributed by atoms with Crippen LogP contribution in [-0.4, -0.2) is 55.3 Å². The third kappa shape index (κ3) is 4.70. The lowest BCUT2D eigenvalue weighted by atomic mass is 9.98. The molecular formula is C13H24N2O4. The van der Waals surface area contributed by atoms with Crippen LogP contribution in [-0.2, 0) is 14.3 Å². The number of rotatable bonds is 2. The Morgan fingerprint density at radius 1 is 1.32 bits per heavy atom. The molecule has 1 fully saturated rings. The second kappa shape index (κ2) is 6.23. The number of carbonyl (C=O) groups excluding carboxylic acids is 2. The number of carbonyl (C=O) groups is 2. The molecule has 110 valence electrons. The standard InChI is InChI=1S/C13H24N2O4/c1-13(2,3)19-12(17)15(4)9-6-7-14-10(8-9)11(16)18-5/h9-10,14H,6-8H2,1-5H3/t9-,10-/m1/s1. The van der Waals surface area contributed by atoms with E-state index in [-0.39, 0.29) is 24.1 Å². The molecule has 1 heterocycles. The lowest BCUT2D eigenvalue weighted by Gasteiger charge is -2.35. The second-order valence-corrected chi connectivity index (χ2v) is 5.80. The molecule has 0 spiro atoms. The lowest BCUT2D eigenvalue weighted by Crippen LogP contribution is -2.52. The van der Waals surface area contributed by atoms with E-state index in [1.165, 1.54) is 7.11 Å². The fourth-order valence-corrected chi connectivity index (χ4v) is 2.05. The topological polar surface area (TPSA) is 67.9 Å². The number of amides is 1. The Kier molecular flexibility index (Phi) is 5.17. The Labute approximate surface area is 114 Å². The van der Waals surface area contributed by atoms with Crippen LogP contribution in [0.2, 0.25) is 0 Å². The molecule has 0 aromatic rings. The van der Waals surface area contributed by atoms with Gasteiger partial charge in [-0.25, -0.2) is 4.79 Å². The van der Waals surface area contributed by atoms with E-state index in [1.54, 1.807) is 11.9 Å². The van der Waals surface area contributed by atoms with E-state index in [1.807, 2.05) is 20.8 Å². The van der Waals surface area contributed by atoms with Crippen molar-refractivity contribution < 1.29 is 19.1 Å². The third-order valence-corrected chi connectivity index (χ3v) is 3.09. The van der Waals surface area contributed by atoms with Gasteiger partial charge in [0, 0.05) is 13.1 Å². The molecule has 1 rings (SSSR count). The smallest absolute Gasteiger partial charge is 0.410 e. The summed E-state index contributed by atoms with van der Waals surface area (Å²) >= 11 is 0. The minimum absolute atomic E-state index is 0.0137. The van der Waals surface area contributed by atoms with Crippen LogP contribution >= 0.6 is 0 Å². The summed E-state index contributed by atoms with van der Waals surface area (Å²) in [5, 5.41) is 3.09. The van der Waals surface area contributed by atoms with Crippen molar-refractivity contribution in [2.75, 3.05) is 20.7 Å². The van der Waals surface area contributed by atoms with Gasteiger partial charge in [-0.3, -0.25) is 4.79 Å². The molecule has 0 saturated carbocycles. The van der Waals surface area contributed by atoms with Gasteiger partial charge < -0.3 is 19.7 Å². The van der Waals surface area contributed by atoms with Gasteiger partial charge in [-0.15, -0.1) is 0 Å². The molecule has 0 aliphatic carbocycles. The van der Waals surface area contributed by atoms with Gasteiger partial charge in [-0.05, 0) is 40.2 Å².